The fraction of sp³-hybridized carbons (Fsp3) is 0.316. The molecular formula is C19H18FN3O3. The van der Waals surface area contributed by atoms with Gasteiger partial charge in [-0.1, -0.05) is 0 Å². The predicted octanol–water partition coefficient (Wildman–Crippen LogP) is 3.29. The summed E-state index contributed by atoms with van der Waals surface area (Å²) in [6.45, 7) is 1.86. The number of hydrogen-bond acceptors (Lipinski definition) is 5. The first-order valence-electron chi connectivity index (χ1n) is 8.59. The van der Waals surface area contributed by atoms with Crippen LogP contribution in [0.1, 0.15) is 23.2 Å². The summed E-state index contributed by atoms with van der Waals surface area (Å²) in [4.78, 5) is 14.6. The minimum absolute atomic E-state index is 0.0265. The lowest BCUT2D eigenvalue weighted by Crippen LogP contribution is -2.41. The smallest absolute Gasteiger partial charge is 0.253 e. The highest BCUT2D eigenvalue weighted by Gasteiger charge is 2.25. The normalized spacial score (nSPS) is 17.4. The molecule has 1 aromatic heterocycles. The third kappa shape index (κ3) is 3.51. The van der Waals surface area contributed by atoms with E-state index in [1.165, 1.54) is 12.1 Å². The maximum atomic E-state index is 12.9. The van der Waals surface area contributed by atoms with E-state index in [4.69, 9.17) is 4.74 Å². The van der Waals surface area contributed by atoms with Crippen LogP contribution in [0.15, 0.2) is 47.1 Å². The first-order valence-corrected chi connectivity index (χ1v) is 8.59. The molecule has 0 N–H and O–H groups in total. The molecule has 26 heavy (non-hydrogen) atoms. The first kappa shape index (κ1) is 16.5. The van der Waals surface area contributed by atoms with Crippen LogP contribution in [0.3, 0.4) is 0 Å². The van der Waals surface area contributed by atoms with E-state index in [0.717, 1.165) is 19.4 Å². The summed E-state index contributed by atoms with van der Waals surface area (Å²) in [7, 11) is 0. The summed E-state index contributed by atoms with van der Waals surface area (Å²) >= 11 is 0. The van der Waals surface area contributed by atoms with Gasteiger partial charge in [-0.05, 0) is 65.6 Å². The van der Waals surface area contributed by atoms with E-state index in [-0.39, 0.29) is 17.6 Å². The molecule has 6 nitrogen and oxygen atoms in total. The predicted molar refractivity (Wildman–Crippen MR) is 92.3 cm³/mol. The maximum Gasteiger partial charge on any atom is 0.253 e. The Balaban J connectivity index is 1.39. The minimum atomic E-state index is -0.286. The Morgan fingerprint density at radius 2 is 2.00 bits per heavy atom. The summed E-state index contributed by atoms with van der Waals surface area (Å²) in [5.74, 6) is 0.571. The topological polar surface area (TPSA) is 68.5 Å². The van der Waals surface area contributed by atoms with Gasteiger partial charge in [0.2, 0.25) is 0 Å². The molecule has 0 saturated carbocycles. The van der Waals surface area contributed by atoms with E-state index in [2.05, 4.69) is 14.9 Å². The number of benzene rings is 2. The zero-order chi connectivity index (χ0) is 17.9. The zero-order valence-corrected chi connectivity index (χ0v) is 14.1. The van der Waals surface area contributed by atoms with Gasteiger partial charge in [-0.2, -0.15) is 0 Å². The van der Waals surface area contributed by atoms with Gasteiger partial charge in [-0.3, -0.25) is 4.79 Å². The fourth-order valence-corrected chi connectivity index (χ4v) is 3.23. The number of rotatable bonds is 4. The Kier molecular flexibility index (Phi) is 4.51. The van der Waals surface area contributed by atoms with Crippen LogP contribution in [0.5, 0.6) is 5.75 Å². The monoisotopic (exact) mass is 355 g/mol. The Hall–Kier alpha value is -2.96. The van der Waals surface area contributed by atoms with E-state index in [1.807, 2.05) is 4.90 Å². The molecule has 0 bridgehead atoms. The lowest BCUT2D eigenvalue weighted by molar-refractivity contribution is 0.0633. The van der Waals surface area contributed by atoms with Gasteiger partial charge in [-0.15, -0.1) is 0 Å². The van der Waals surface area contributed by atoms with Gasteiger partial charge in [0, 0.05) is 24.6 Å². The van der Waals surface area contributed by atoms with Gasteiger partial charge in [-0.25, -0.2) is 9.02 Å². The van der Waals surface area contributed by atoms with Crippen molar-refractivity contribution in [3.05, 3.63) is 53.8 Å². The fourth-order valence-electron chi connectivity index (χ4n) is 3.23. The van der Waals surface area contributed by atoms with E-state index in [9.17, 15) is 9.18 Å². The van der Waals surface area contributed by atoms with Crippen molar-refractivity contribution in [3.63, 3.8) is 0 Å². The van der Waals surface area contributed by atoms with Crippen LogP contribution in [0.2, 0.25) is 0 Å². The third-order valence-electron chi connectivity index (χ3n) is 4.61. The summed E-state index contributed by atoms with van der Waals surface area (Å²) in [6.07, 6.45) is 1.92. The number of piperidine rings is 1. The van der Waals surface area contributed by atoms with E-state index in [1.54, 1.807) is 30.3 Å². The summed E-state index contributed by atoms with van der Waals surface area (Å²) < 4.78 is 23.4. The van der Waals surface area contributed by atoms with Gasteiger partial charge in [0.05, 0.1) is 6.61 Å². The number of carbonyl (C=O) groups excluding carboxylic acids is 1. The van der Waals surface area contributed by atoms with Crippen LogP contribution in [0.4, 0.5) is 4.39 Å². The van der Waals surface area contributed by atoms with Gasteiger partial charge in [0.25, 0.3) is 5.91 Å². The highest BCUT2D eigenvalue weighted by atomic mass is 19.1. The van der Waals surface area contributed by atoms with E-state index in [0.29, 0.717) is 35.5 Å². The Labute approximate surface area is 149 Å². The highest BCUT2D eigenvalue weighted by molar-refractivity contribution is 5.97. The number of hydrogen-bond donors (Lipinski definition) is 0. The van der Waals surface area contributed by atoms with Gasteiger partial charge in [0.15, 0.2) is 0 Å². The molecule has 1 aliphatic heterocycles. The standard InChI is InChI=1S/C19H18FN3O3/c20-15-4-6-16(7-5-15)25-12-13-2-1-9-23(11-13)19(24)14-3-8-17-18(10-14)22-26-21-17/h3-8,10,13H,1-2,9,11-12H2/t13-/m1/s1. The molecule has 1 aliphatic rings. The number of amides is 1. The highest BCUT2D eigenvalue weighted by Crippen LogP contribution is 2.21. The van der Waals surface area contributed by atoms with Gasteiger partial charge >= 0.3 is 0 Å². The SMILES string of the molecule is O=C(c1ccc2nonc2c1)N1CCC[C@@H](COc2ccc(F)cc2)C1. The van der Waals surface area contributed by atoms with Crippen molar-refractivity contribution in [2.24, 2.45) is 5.92 Å². The maximum absolute atomic E-state index is 12.9. The molecule has 7 heteroatoms. The van der Waals surface area contributed by atoms with E-state index < -0.39 is 0 Å². The second-order valence-electron chi connectivity index (χ2n) is 6.49. The molecule has 1 saturated heterocycles. The quantitative estimate of drug-likeness (QED) is 0.718. The van der Waals surface area contributed by atoms with Crippen LogP contribution >= 0.6 is 0 Å². The summed E-state index contributed by atoms with van der Waals surface area (Å²) in [6, 6.07) is 11.2. The molecule has 2 heterocycles. The van der Waals surface area contributed by atoms with Crippen LogP contribution in [-0.4, -0.2) is 40.8 Å². The average Bonchev–Trinajstić information content (AvgIpc) is 3.15. The van der Waals surface area contributed by atoms with Crippen LogP contribution < -0.4 is 4.74 Å². The van der Waals surface area contributed by atoms with Crippen molar-refractivity contribution in [1.29, 1.82) is 0 Å². The van der Waals surface area contributed by atoms with Crippen LogP contribution in [-0.2, 0) is 0 Å². The van der Waals surface area contributed by atoms with Crippen molar-refractivity contribution in [3.8, 4) is 5.75 Å². The Bertz CT molecular complexity index is 910. The molecule has 1 amide bonds. The number of nitrogens with zero attached hydrogens (tertiary/aromatic N) is 3. The third-order valence-corrected chi connectivity index (χ3v) is 4.61. The summed E-state index contributed by atoms with van der Waals surface area (Å²) in [5.41, 5.74) is 1.78. The van der Waals surface area contributed by atoms with Crippen molar-refractivity contribution < 1.29 is 18.6 Å². The largest absolute Gasteiger partial charge is 0.493 e. The second kappa shape index (κ2) is 7.11. The number of halogens is 1. The summed E-state index contributed by atoms with van der Waals surface area (Å²) in [5, 5.41) is 7.54. The van der Waals surface area contributed by atoms with Gasteiger partial charge in [0.1, 0.15) is 22.6 Å². The van der Waals surface area contributed by atoms with Crippen molar-refractivity contribution in [2.45, 2.75) is 12.8 Å². The lowest BCUT2D eigenvalue weighted by atomic mass is 9.98. The molecule has 3 aromatic rings. The van der Waals surface area contributed by atoms with Crippen molar-refractivity contribution in [2.75, 3.05) is 19.7 Å². The number of carbonyl (C=O) groups is 1. The van der Waals surface area contributed by atoms with Crippen LogP contribution in [0.25, 0.3) is 11.0 Å². The molecule has 2 aromatic carbocycles. The second-order valence-corrected chi connectivity index (χ2v) is 6.49. The number of likely N-dealkylation sites (tertiary alicyclic amines) is 1. The van der Waals surface area contributed by atoms with Crippen molar-refractivity contribution >= 4 is 16.9 Å². The van der Waals surface area contributed by atoms with Crippen LogP contribution in [0, 0.1) is 11.7 Å². The molecule has 0 unspecified atom stereocenters. The Morgan fingerprint density at radius 3 is 2.85 bits per heavy atom. The molecule has 0 spiro atoms. The first-order chi connectivity index (χ1) is 12.7. The zero-order valence-electron chi connectivity index (χ0n) is 14.1. The number of ether oxygens (including phenoxy) is 1. The molecule has 1 fully saturated rings. The molecule has 1 atom stereocenters. The molecule has 0 aliphatic carbocycles. The lowest BCUT2D eigenvalue weighted by Gasteiger charge is -2.32. The minimum Gasteiger partial charge on any atom is -0.493 e. The molecule has 0 radical (unpaired) electrons. The molecular weight excluding hydrogens is 337 g/mol. The Morgan fingerprint density at radius 1 is 1.19 bits per heavy atom. The van der Waals surface area contributed by atoms with Crippen molar-refractivity contribution in [1.82, 2.24) is 15.2 Å². The van der Waals surface area contributed by atoms with Gasteiger partial charge < -0.3 is 9.64 Å². The van der Waals surface area contributed by atoms with E-state index >= 15 is 0 Å². The molecule has 134 valence electrons. The number of aromatic nitrogens is 2. The average molecular weight is 355 g/mol. The molecule has 4 rings (SSSR count). The number of fused-ring (bicyclic) bond motifs is 1.